The van der Waals surface area contributed by atoms with Crippen LogP contribution in [0, 0.1) is 6.92 Å². The van der Waals surface area contributed by atoms with E-state index in [0.29, 0.717) is 13.2 Å². The number of nitrogens with zero attached hydrogens (tertiary/aromatic N) is 4. The minimum absolute atomic E-state index is 0.0801. The van der Waals surface area contributed by atoms with Gasteiger partial charge in [0, 0.05) is 44.0 Å². The zero-order chi connectivity index (χ0) is 22.8. The Bertz CT molecular complexity index is 1150. The van der Waals surface area contributed by atoms with Crippen molar-refractivity contribution in [2.75, 3.05) is 45.3 Å². The van der Waals surface area contributed by atoms with Crippen molar-refractivity contribution in [3.05, 3.63) is 65.0 Å². The average molecular weight is 448 g/mol. The van der Waals surface area contributed by atoms with Gasteiger partial charge in [-0.2, -0.15) is 5.10 Å². The van der Waals surface area contributed by atoms with Gasteiger partial charge in [0.1, 0.15) is 30.0 Å². The molecule has 0 aliphatic carbocycles. The highest BCUT2D eigenvalue weighted by atomic mass is 16.5. The van der Waals surface area contributed by atoms with E-state index in [1.807, 2.05) is 61.1 Å². The molecule has 2 aliphatic rings. The molecule has 1 aromatic carbocycles. The molecule has 0 unspecified atom stereocenters. The zero-order valence-electron chi connectivity index (χ0n) is 19.2. The van der Waals surface area contributed by atoms with Crippen LogP contribution >= 0.6 is 0 Å². The molecule has 0 radical (unpaired) electrons. The van der Waals surface area contributed by atoms with Crippen molar-refractivity contribution in [3.8, 4) is 11.5 Å². The molecule has 1 atom stereocenters. The third-order valence-electron chi connectivity index (χ3n) is 6.04. The normalized spacial score (nSPS) is 18.3. The minimum Gasteiger partial charge on any atom is -0.497 e. The van der Waals surface area contributed by atoms with E-state index in [1.165, 1.54) is 5.57 Å². The summed E-state index contributed by atoms with van der Waals surface area (Å²) in [6.45, 7) is 5.78. The van der Waals surface area contributed by atoms with Gasteiger partial charge < -0.3 is 19.5 Å². The number of aromatic nitrogens is 3. The SMILES string of the molecule is COc1ccc2c(c1)C=C(CN1CCO[C@@H](c3cccc(Nc4cc(C)n(C)n4)n3)C1)CO2. The largest absolute Gasteiger partial charge is 0.497 e. The van der Waals surface area contributed by atoms with Crippen LogP contribution in [0.5, 0.6) is 11.5 Å². The van der Waals surface area contributed by atoms with E-state index in [9.17, 15) is 0 Å². The fourth-order valence-corrected chi connectivity index (χ4v) is 4.19. The Kier molecular flexibility index (Phi) is 6.02. The molecule has 33 heavy (non-hydrogen) atoms. The summed E-state index contributed by atoms with van der Waals surface area (Å²) in [7, 11) is 3.61. The average Bonchev–Trinajstić information content (AvgIpc) is 3.15. The third-order valence-corrected chi connectivity index (χ3v) is 6.04. The summed E-state index contributed by atoms with van der Waals surface area (Å²) < 4.78 is 19.2. The molecule has 2 aromatic heterocycles. The van der Waals surface area contributed by atoms with Gasteiger partial charge in [0.05, 0.1) is 19.4 Å². The number of aryl methyl sites for hydroxylation is 2. The molecule has 172 valence electrons. The molecular weight excluding hydrogens is 418 g/mol. The van der Waals surface area contributed by atoms with E-state index in [-0.39, 0.29) is 6.10 Å². The monoisotopic (exact) mass is 447 g/mol. The number of ether oxygens (including phenoxy) is 3. The Balaban J connectivity index is 1.26. The maximum Gasteiger partial charge on any atom is 0.153 e. The van der Waals surface area contributed by atoms with Crippen LogP contribution in [0.15, 0.2) is 48.0 Å². The number of nitrogens with one attached hydrogen (secondary N) is 1. The summed E-state index contributed by atoms with van der Waals surface area (Å²) in [5.41, 5.74) is 4.30. The van der Waals surface area contributed by atoms with E-state index < -0.39 is 0 Å². The third kappa shape index (κ3) is 4.86. The summed E-state index contributed by atoms with van der Waals surface area (Å²) in [5.74, 6) is 3.28. The number of benzene rings is 1. The second kappa shape index (κ2) is 9.25. The van der Waals surface area contributed by atoms with Gasteiger partial charge in [-0.1, -0.05) is 6.07 Å². The van der Waals surface area contributed by atoms with Crippen LogP contribution in [-0.4, -0.2) is 59.6 Å². The standard InChI is InChI=1S/C25H29N5O3/c1-17-11-25(28-29(17)2)27-24-6-4-5-21(26-24)23-15-30(9-10-32-23)14-18-12-19-13-20(31-3)7-8-22(19)33-16-18/h4-8,11-13,23H,9-10,14-16H2,1-3H3,(H,26,27,28)/t23-/m1/s1. The van der Waals surface area contributed by atoms with Crippen LogP contribution in [0.1, 0.15) is 23.1 Å². The summed E-state index contributed by atoms with van der Waals surface area (Å²) in [5, 5.41) is 7.74. The molecule has 8 nitrogen and oxygen atoms in total. The molecule has 4 heterocycles. The molecule has 5 rings (SSSR count). The number of fused-ring (bicyclic) bond motifs is 1. The van der Waals surface area contributed by atoms with E-state index in [2.05, 4.69) is 21.4 Å². The topological polar surface area (TPSA) is 73.7 Å². The highest BCUT2D eigenvalue weighted by Crippen LogP contribution is 2.31. The highest BCUT2D eigenvalue weighted by molar-refractivity contribution is 5.64. The van der Waals surface area contributed by atoms with Crippen LogP contribution in [0.4, 0.5) is 11.6 Å². The van der Waals surface area contributed by atoms with Crippen molar-refractivity contribution < 1.29 is 14.2 Å². The fraction of sp³-hybridized carbons (Fsp3) is 0.360. The highest BCUT2D eigenvalue weighted by Gasteiger charge is 2.25. The van der Waals surface area contributed by atoms with Crippen LogP contribution in [0.25, 0.3) is 6.08 Å². The Morgan fingerprint density at radius 2 is 2.09 bits per heavy atom. The smallest absolute Gasteiger partial charge is 0.153 e. The van der Waals surface area contributed by atoms with Crippen molar-refractivity contribution >= 4 is 17.7 Å². The minimum atomic E-state index is -0.0801. The quantitative estimate of drug-likeness (QED) is 0.617. The molecular formula is C25H29N5O3. The van der Waals surface area contributed by atoms with E-state index in [4.69, 9.17) is 19.2 Å². The first-order valence-corrected chi connectivity index (χ1v) is 11.2. The van der Waals surface area contributed by atoms with Gasteiger partial charge >= 0.3 is 0 Å². The number of methoxy groups -OCH3 is 1. The van der Waals surface area contributed by atoms with Crippen LogP contribution in [0.2, 0.25) is 0 Å². The van der Waals surface area contributed by atoms with E-state index >= 15 is 0 Å². The fourth-order valence-electron chi connectivity index (χ4n) is 4.19. The number of morpholine rings is 1. The first-order chi connectivity index (χ1) is 16.1. The van der Waals surface area contributed by atoms with Crippen molar-refractivity contribution in [2.24, 2.45) is 7.05 Å². The molecule has 1 fully saturated rings. The second-order valence-corrected chi connectivity index (χ2v) is 8.46. The van der Waals surface area contributed by atoms with Gasteiger partial charge in [0.15, 0.2) is 5.82 Å². The van der Waals surface area contributed by atoms with Gasteiger partial charge in [-0.05, 0) is 48.9 Å². The van der Waals surface area contributed by atoms with E-state index in [1.54, 1.807) is 7.11 Å². The Morgan fingerprint density at radius 3 is 2.91 bits per heavy atom. The van der Waals surface area contributed by atoms with Crippen molar-refractivity contribution in [2.45, 2.75) is 13.0 Å². The lowest BCUT2D eigenvalue weighted by molar-refractivity contribution is -0.0293. The number of pyridine rings is 1. The van der Waals surface area contributed by atoms with Gasteiger partial charge in [-0.15, -0.1) is 0 Å². The van der Waals surface area contributed by atoms with E-state index in [0.717, 1.165) is 59.7 Å². The predicted octanol–water partition coefficient (Wildman–Crippen LogP) is 3.73. The molecule has 0 spiro atoms. The van der Waals surface area contributed by atoms with Gasteiger partial charge in [0.25, 0.3) is 0 Å². The van der Waals surface area contributed by atoms with Gasteiger partial charge in [-0.25, -0.2) is 4.98 Å². The summed E-state index contributed by atoms with van der Waals surface area (Å²) in [6, 6.07) is 13.9. The van der Waals surface area contributed by atoms with Crippen molar-refractivity contribution in [1.82, 2.24) is 19.7 Å². The first-order valence-electron chi connectivity index (χ1n) is 11.2. The molecule has 8 heteroatoms. The predicted molar refractivity (Wildman–Crippen MR) is 127 cm³/mol. The second-order valence-electron chi connectivity index (χ2n) is 8.46. The van der Waals surface area contributed by atoms with Crippen LogP contribution < -0.4 is 14.8 Å². The zero-order valence-corrected chi connectivity index (χ0v) is 19.2. The lowest BCUT2D eigenvalue weighted by Gasteiger charge is -2.33. The lowest BCUT2D eigenvalue weighted by atomic mass is 10.1. The Labute approximate surface area is 193 Å². The summed E-state index contributed by atoms with van der Waals surface area (Å²) >= 11 is 0. The first kappa shape index (κ1) is 21.5. The number of hydrogen-bond acceptors (Lipinski definition) is 7. The molecule has 2 aliphatic heterocycles. The number of hydrogen-bond donors (Lipinski definition) is 1. The molecule has 0 bridgehead atoms. The molecule has 1 N–H and O–H groups in total. The molecule has 0 saturated carbocycles. The maximum atomic E-state index is 6.08. The molecule has 3 aromatic rings. The summed E-state index contributed by atoms with van der Waals surface area (Å²) in [6.07, 6.45) is 2.13. The molecule has 1 saturated heterocycles. The Morgan fingerprint density at radius 1 is 1.18 bits per heavy atom. The number of rotatable bonds is 6. The van der Waals surface area contributed by atoms with Gasteiger partial charge in [0.2, 0.25) is 0 Å². The van der Waals surface area contributed by atoms with Gasteiger partial charge in [-0.3, -0.25) is 9.58 Å². The summed E-state index contributed by atoms with van der Waals surface area (Å²) in [4.78, 5) is 7.20. The number of anilines is 2. The lowest BCUT2D eigenvalue weighted by Crippen LogP contribution is -2.40. The molecule has 0 amide bonds. The van der Waals surface area contributed by atoms with Crippen molar-refractivity contribution in [3.63, 3.8) is 0 Å². The maximum absolute atomic E-state index is 6.08. The Hall–Kier alpha value is -3.36. The van der Waals surface area contributed by atoms with Crippen LogP contribution in [-0.2, 0) is 11.8 Å². The van der Waals surface area contributed by atoms with Crippen LogP contribution in [0.3, 0.4) is 0 Å². The van der Waals surface area contributed by atoms with Crippen molar-refractivity contribution in [1.29, 1.82) is 0 Å².